The summed E-state index contributed by atoms with van der Waals surface area (Å²) in [7, 11) is 0. The molecule has 1 unspecified atom stereocenters. The Bertz CT molecular complexity index is 564. The van der Waals surface area contributed by atoms with Crippen LogP contribution in [0.1, 0.15) is 6.42 Å². The van der Waals surface area contributed by atoms with Gasteiger partial charge in [-0.1, -0.05) is 30.3 Å². The van der Waals surface area contributed by atoms with E-state index in [1.54, 1.807) is 0 Å². The number of hydrogen-bond donors (Lipinski definition) is 1. The Labute approximate surface area is 113 Å². The highest BCUT2D eigenvalue weighted by molar-refractivity contribution is 5.61. The lowest BCUT2D eigenvalue weighted by Crippen LogP contribution is -2.43. The van der Waals surface area contributed by atoms with Crippen molar-refractivity contribution >= 4 is 5.69 Å². The first kappa shape index (κ1) is 11.0. The molecule has 0 saturated carbocycles. The third-order valence-electron chi connectivity index (χ3n) is 4.21. The number of anilines is 1. The molecule has 4 rings (SSSR count). The first-order valence-electron chi connectivity index (χ1n) is 6.92. The zero-order valence-corrected chi connectivity index (χ0v) is 10.8. The Morgan fingerprint density at radius 1 is 1.11 bits per heavy atom. The maximum atomic E-state index is 4.62. The third kappa shape index (κ3) is 1.90. The molecule has 2 aromatic rings. The molecule has 0 spiro atoms. The highest BCUT2D eigenvalue weighted by Crippen LogP contribution is 2.29. The van der Waals surface area contributed by atoms with Gasteiger partial charge in [-0.25, -0.2) is 0 Å². The minimum absolute atomic E-state index is 0.661. The fourth-order valence-corrected chi connectivity index (χ4v) is 3.21. The quantitative estimate of drug-likeness (QED) is 0.887. The van der Waals surface area contributed by atoms with Crippen LogP contribution in [0.2, 0.25) is 0 Å². The fourth-order valence-electron chi connectivity index (χ4n) is 3.21. The summed E-state index contributed by atoms with van der Waals surface area (Å²) in [6.07, 6.45) is 3.30. The summed E-state index contributed by atoms with van der Waals surface area (Å²) in [6, 6.07) is 16.0. The molecule has 3 heteroatoms. The van der Waals surface area contributed by atoms with Crippen LogP contribution in [0.25, 0.3) is 11.3 Å². The van der Waals surface area contributed by atoms with Gasteiger partial charge in [-0.05, 0) is 18.6 Å². The molecule has 0 amide bonds. The van der Waals surface area contributed by atoms with Crippen LogP contribution in [-0.2, 0) is 0 Å². The standard InChI is InChI=1S/C16H17N3/c1-2-4-12(5-3-1)16-7-6-14(9-18-16)19-11-13-8-15(19)10-17-13/h1-7,9,13,15,17H,8,10-11H2/t13?,15-/m0/s1. The van der Waals surface area contributed by atoms with Crippen LogP contribution in [0.5, 0.6) is 0 Å². The average molecular weight is 251 g/mol. The van der Waals surface area contributed by atoms with Crippen molar-refractivity contribution in [3.8, 4) is 11.3 Å². The lowest BCUT2D eigenvalue weighted by Gasteiger charge is -2.29. The predicted octanol–water partition coefficient (Wildman–Crippen LogP) is 2.30. The van der Waals surface area contributed by atoms with E-state index in [2.05, 4.69) is 51.6 Å². The second-order valence-corrected chi connectivity index (χ2v) is 5.41. The molecular weight excluding hydrogens is 234 g/mol. The van der Waals surface area contributed by atoms with Gasteiger partial charge in [0.2, 0.25) is 0 Å². The van der Waals surface area contributed by atoms with Crippen LogP contribution in [-0.4, -0.2) is 30.2 Å². The van der Waals surface area contributed by atoms with Crippen LogP contribution in [0.3, 0.4) is 0 Å². The molecule has 2 aliphatic heterocycles. The van der Waals surface area contributed by atoms with Gasteiger partial charge in [-0.3, -0.25) is 4.98 Å². The molecule has 2 bridgehead atoms. The van der Waals surface area contributed by atoms with Gasteiger partial charge >= 0.3 is 0 Å². The molecule has 0 aliphatic carbocycles. The molecule has 3 nitrogen and oxygen atoms in total. The van der Waals surface area contributed by atoms with Gasteiger partial charge in [0.25, 0.3) is 0 Å². The van der Waals surface area contributed by atoms with E-state index < -0.39 is 0 Å². The number of pyridine rings is 1. The molecular formula is C16H17N3. The van der Waals surface area contributed by atoms with E-state index in [0.29, 0.717) is 12.1 Å². The third-order valence-corrected chi connectivity index (χ3v) is 4.21. The van der Waals surface area contributed by atoms with E-state index in [9.17, 15) is 0 Å². The van der Waals surface area contributed by atoms with Crippen molar-refractivity contribution < 1.29 is 0 Å². The first-order chi connectivity index (χ1) is 9.40. The minimum Gasteiger partial charge on any atom is -0.364 e. The van der Waals surface area contributed by atoms with Crippen LogP contribution < -0.4 is 10.2 Å². The number of piperazine rings is 1. The van der Waals surface area contributed by atoms with E-state index in [0.717, 1.165) is 18.8 Å². The number of nitrogens with zero attached hydrogens (tertiary/aromatic N) is 2. The second kappa shape index (κ2) is 4.35. The predicted molar refractivity (Wildman–Crippen MR) is 77.2 cm³/mol. The van der Waals surface area contributed by atoms with Crippen molar-refractivity contribution in [1.82, 2.24) is 10.3 Å². The molecule has 2 atom stereocenters. The fraction of sp³-hybridized carbons (Fsp3) is 0.312. The number of nitrogens with one attached hydrogen (secondary N) is 1. The van der Waals surface area contributed by atoms with Crippen molar-refractivity contribution in [3.05, 3.63) is 48.7 Å². The van der Waals surface area contributed by atoms with Crippen molar-refractivity contribution in [2.75, 3.05) is 18.0 Å². The number of fused-ring (bicyclic) bond motifs is 2. The summed E-state index contributed by atoms with van der Waals surface area (Å²) in [6.45, 7) is 2.24. The van der Waals surface area contributed by atoms with Gasteiger partial charge in [-0.15, -0.1) is 0 Å². The van der Waals surface area contributed by atoms with Gasteiger partial charge in [0.1, 0.15) is 0 Å². The van der Waals surface area contributed by atoms with Gasteiger partial charge in [0, 0.05) is 30.7 Å². The highest BCUT2D eigenvalue weighted by Gasteiger charge is 2.37. The number of benzene rings is 1. The Morgan fingerprint density at radius 3 is 2.63 bits per heavy atom. The minimum atomic E-state index is 0.661. The molecule has 1 N–H and O–H groups in total. The normalized spacial score (nSPS) is 24.9. The largest absolute Gasteiger partial charge is 0.364 e. The number of hydrogen-bond acceptors (Lipinski definition) is 3. The molecule has 19 heavy (non-hydrogen) atoms. The first-order valence-corrected chi connectivity index (χ1v) is 6.92. The van der Waals surface area contributed by atoms with Gasteiger partial charge in [0.15, 0.2) is 0 Å². The second-order valence-electron chi connectivity index (χ2n) is 5.41. The van der Waals surface area contributed by atoms with Crippen LogP contribution in [0, 0.1) is 0 Å². The van der Waals surface area contributed by atoms with Crippen molar-refractivity contribution in [2.45, 2.75) is 18.5 Å². The van der Waals surface area contributed by atoms with Crippen molar-refractivity contribution in [3.63, 3.8) is 0 Å². The summed E-state index contributed by atoms with van der Waals surface area (Å²) in [5.74, 6) is 0. The average Bonchev–Trinajstić information content (AvgIpc) is 3.11. The Kier molecular flexibility index (Phi) is 2.52. The molecule has 96 valence electrons. The maximum Gasteiger partial charge on any atom is 0.0703 e. The summed E-state index contributed by atoms with van der Waals surface area (Å²) in [5, 5.41) is 3.53. The van der Waals surface area contributed by atoms with Crippen molar-refractivity contribution in [2.24, 2.45) is 0 Å². The molecule has 1 aromatic carbocycles. The summed E-state index contributed by atoms with van der Waals surface area (Å²) in [4.78, 5) is 7.10. The van der Waals surface area contributed by atoms with Gasteiger partial charge < -0.3 is 10.2 Å². The van der Waals surface area contributed by atoms with E-state index >= 15 is 0 Å². The van der Waals surface area contributed by atoms with Crippen molar-refractivity contribution in [1.29, 1.82) is 0 Å². The summed E-state index contributed by atoms with van der Waals surface area (Å²) in [5.41, 5.74) is 3.49. The SMILES string of the molecule is c1ccc(-c2ccc(N3CC4C[C@H]3CN4)cn2)cc1. The number of aromatic nitrogens is 1. The van der Waals surface area contributed by atoms with Crippen LogP contribution >= 0.6 is 0 Å². The lowest BCUT2D eigenvalue weighted by atomic mass is 10.1. The van der Waals surface area contributed by atoms with E-state index in [1.807, 2.05) is 12.3 Å². The Morgan fingerprint density at radius 2 is 2.00 bits per heavy atom. The van der Waals surface area contributed by atoms with E-state index in [-0.39, 0.29) is 0 Å². The van der Waals surface area contributed by atoms with Gasteiger partial charge in [0.05, 0.1) is 17.6 Å². The molecule has 3 heterocycles. The maximum absolute atomic E-state index is 4.62. The summed E-state index contributed by atoms with van der Waals surface area (Å²) < 4.78 is 0. The smallest absolute Gasteiger partial charge is 0.0703 e. The number of rotatable bonds is 2. The zero-order chi connectivity index (χ0) is 12.7. The molecule has 2 saturated heterocycles. The summed E-state index contributed by atoms with van der Waals surface area (Å²) >= 11 is 0. The van der Waals surface area contributed by atoms with Crippen LogP contribution in [0.4, 0.5) is 5.69 Å². The van der Waals surface area contributed by atoms with E-state index in [4.69, 9.17) is 0 Å². The molecule has 2 fully saturated rings. The topological polar surface area (TPSA) is 28.2 Å². The molecule has 1 aromatic heterocycles. The van der Waals surface area contributed by atoms with Crippen LogP contribution in [0.15, 0.2) is 48.7 Å². The van der Waals surface area contributed by atoms with E-state index in [1.165, 1.54) is 17.7 Å². The Hall–Kier alpha value is -1.87. The Balaban J connectivity index is 1.60. The zero-order valence-electron chi connectivity index (χ0n) is 10.8. The van der Waals surface area contributed by atoms with Gasteiger partial charge in [-0.2, -0.15) is 0 Å². The monoisotopic (exact) mass is 251 g/mol. The highest BCUT2D eigenvalue weighted by atomic mass is 15.3. The molecule has 2 aliphatic rings. The lowest BCUT2D eigenvalue weighted by molar-refractivity contribution is 0.580. The molecule has 0 radical (unpaired) electrons.